The molecule has 0 saturated heterocycles. The minimum Gasteiger partial charge on any atom is -0.382 e. The summed E-state index contributed by atoms with van der Waals surface area (Å²) in [6.45, 7) is 3.71. The minimum atomic E-state index is -4.49. The molecule has 1 fully saturated rings. The molecule has 0 atom stereocenters. The van der Waals surface area contributed by atoms with Crippen molar-refractivity contribution in [2.45, 2.75) is 57.8 Å². The third kappa shape index (κ3) is 4.70. The summed E-state index contributed by atoms with van der Waals surface area (Å²) in [6.07, 6.45) is -1.28. The van der Waals surface area contributed by atoms with Crippen molar-refractivity contribution in [3.05, 3.63) is 36.0 Å². The Morgan fingerprint density at radius 1 is 1.11 bits per heavy atom. The molecule has 3 rings (SSSR count). The van der Waals surface area contributed by atoms with Crippen LogP contribution in [0.1, 0.15) is 45.2 Å². The Bertz CT molecular complexity index is 812. The molecule has 1 aromatic carbocycles. The predicted molar refractivity (Wildman–Crippen MR) is 99.4 cm³/mol. The highest BCUT2D eigenvalue weighted by Crippen LogP contribution is 2.34. The first kappa shape index (κ1) is 19.5. The van der Waals surface area contributed by atoms with Crippen LogP contribution in [0.25, 0.3) is 10.9 Å². The molecular weight excluding hydrogens is 355 g/mol. The number of nitrogens with one attached hydrogen (secondary N) is 2. The first-order valence-electron chi connectivity index (χ1n) is 9.28. The van der Waals surface area contributed by atoms with Crippen molar-refractivity contribution in [2.24, 2.45) is 5.92 Å². The van der Waals surface area contributed by atoms with Crippen LogP contribution < -0.4 is 10.6 Å². The Hall–Kier alpha value is -2.31. The van der Waals surface area contributed by atoms with Gasteiger partial charge in [-0.25, -0.2) is 4.98 Å². The lowest BCUT2D eigenvalue weighted by atomic mass is 9.90. The van der Waals surface area contributed by atoms with E-state index in [1.54, 1.807) is 24.3 Å². The number of hydrogen-bond acceptors (Lipinski definition) is 3. The smallest absolute Gasteiger partial charge is 0.382 e. The van der Waals surface area contributed by atoms with E-state index in [1.165, 1.54) is 0 Å². The third-order valence-electron chi connectivity index (χ3n) is 4.96. The molecule has 1 aliphatic carbocycles. The standard InChI is InChI=1S/C20H24F3N3O/c1-12(2)19(27)25-14-9-7-13(8-10-14)24-17-11-18(20(21,22)23)26-16-6-4-3-5-15(16)17/h3-6,11-14H,7-10H2,1-2H3,(H,24,26)(H,25,27)/t13-,14+. The topological polar surface area (TPSA) is 54.0 Å². The van der Waals surface area contributed by atoms with Crippen LogP contribution in [-0.2, 0) is 11.0 Å². The van der Waals surface area contributed by atoms with Gasteiger partial charge >= 0.3 is 6.18 Å². The summed E-state index contributed by atoms with van der Waals surface area (Å²) < 4.78 is 39.5. The number of nitrogens with zero attached hydrogens (tertiary/aromatic N) is 1. The van der Waals surface area contributed by atoms with Gasteiger partial charge in [-0.15, -0.1) is 0 Å². The molecule has 1 aromatic heterocycles. The highest BCUT2D eigenvalue weighted by atomic mass is 19.4. The summed E-state index contributed by atoms with van der Waals surface area (Å²) in [7, 11) is 0. The van der Waals surface area contributed by atoms with Crippen LogP contribution in [-0.4, -0.2) is 23.0 Å². The largest absolute Gasteiger partial charge is 0.433 e. The second kappa shape index (κ2) is 7.74. The van der Waals surface area contributed by atoms with Crippen molar-refractivity contribution >= 4 is 22.5 Å². The summed E-state index contributed by atoms with van der Waals surface area (Å²) in [5.41, 5.74) is -0.100. The molecule has 0 radical (unpaired) electrons. The van der Waals surface area contributed by atoms with Crippen molar-refractivity contribution in [3.63, 3.8) is 0 Å². The van der Waals surface area contributed by atoms with Gasteiger partial charge in [-0.1, -0.05) is 32.0 Å². The third-order valence-corrected chi connectivity index (χ3v) is 4.96. The average molecular weight is 379 g/mol. The molecule has 1 aliphatic rings. The van der Waals surface area contributed by atoms with Gasteiger partial charge in [0.05, 0.1) is 5.52 Å². The molecule has 4 nitrogen and oxygen atoms in total. The van der Waals surface area contributed by atoms with Crippen LogP contribution in [0.3, 0.4) is 0 Å². The summed E-state index contributed by atoms with van der Waals surface area (Å²) in [5.74, 6) is -0.00817. The number of fused-ring (bicyclic) bond motifs is 1. The number of aromatic nitrogens is 1. The number of halogens is 3. The zero-order valence-corrected chi connectivity index (χ0v) is 15.4. The number of anilines is 1. The summed E-state index contributed by atoms with van der Waals surface area (Å²) >= 11 is 0. The van der Waals surface area contributed by atoms with Gasteiger partial charge in [-0.05, 0) is 37.8 Å². The van der Waals surface area contributed by atoms with Crippen LogP contribution in [0, 0.1) is 5.92 Å². The lowest BCUT2D eigenvalue weighted by Gasteiger charge is -2.31. The highest BCUT2D eigenvalue weighted by Gasteiger charge is 2.33. The van der Waals surface area contributed by atoms with Gasteiger partial charge in [0.25, 0.3) is 0 Å². The van der Waals surface area contributed by atoms with E-state index in [-0.39, 0.29) is 23.9 Å². The first-order valence-corrected chi connectivity index (χ1v) is 9.28. The molecule has 1 amide bonds. The maximum Gasteiger partial charge on any atom is 0.433 e. The van der Waals surface area contributed by atoms with Crippen LogP contribution in [0.15, 0.2) is 30.3 Å². The average Bonchev–Trinajstić information content (AvgIpc) is 2.62. The number of rotatable bonds is 4. The van der Waals surface area contributed by atoms with Gasteiger partial charge in [0.2, 0.25) is 5.91 Å². The van der Waals surface area contributed by atoms with Gasteiger partial charge in [-0.2, -0.15) is 13.2 Å². The Labute approximate surface area is 156 Å². The molecule has 0 unspecified atom stereocenters. The molecule has 146 valence electrons. The molecule has 1 saturated carbocycles. The van der Waals surface area contributed by atoms with Crippen molar-refractivity contribution in [2.75, 3.05) is 5.32 Å². The quantitative estimate of drug-likeness (QED) is 0.806. The van der Waals surface area contributed by atoms with E-state index in [0.717, 1.165) is 31.7 Å². The highest BCUT2D eigenvalue weighted by molar-refractivity contribution is 5.91. The molecule has 2 N–H and O–H groups in total. The molecular formula is C20H24F3N3O. The van der Waals surface area contributed by atoms with Gasteiger partial charge in [0, 0.05) is 29.1 Å². The predicted octanol–water partition coefficient (Wildman–Crippen LogP) is 4.75. The van der Waals surface area contributed by atoms with E-state index in [2.05, 4.69) is 15.6 Å². The summed E-state index contributed by atoms with van der Waals surface area (Å²) in [4.78, 5) is 15.6. The van der Waals surface area contributed by atoms with Crippen molar-refractivity contribution in [3.8, 4) is 0 Å². The van der Waals surface area contributed by atoms with E-state index in [9.17, 15) is 18.0 Å². The number of pyridine rings is 1. The van der Waals surface area contributed by atoms with Crippen LogP contribution in [0.2, 0.25) is 0 Å². The molecule has 0 spiro atoms. The molecule has 27 heavy (non-hydrogen) atoms. The number of benzene rings is 1. The van der Waals surface area contributed by atoms with Crippen LogP contribution in [0.4, 0.5) is 18.9 Å². The van der Waals surface area contributed by atoms with E-state index in [0.29, 0.717) is 16.6 Å². The Kier molecular flexibility index (Phi) is 5.58. The van der Waals surface area contributed by atoms with Gasteiger partial charge in [0.15, 0.2) is 0 Å². The SMILES string of the molecule is CC(C)C(=O)N[C@H]1CC[C@@H](Nc2cc(C(F)(F)F)nc3ccccc23)CC1. The van der Waals surface area contributed by atoms with Crippen LogP contribution >= 0.6 is 0 Å². The molecule has 0 aliphatic heterocycles. The van der Waals surface area contributed by atoms with Crippen molar-refractivity contribution in [1.82, 2.24) is 10.3 Å². The number of alkyl halides is 3. The fraction of sp³-hybridized carbons (Fsp3) is 0.500. The number of carbonyl (C=O) groups is 1. The molecule has 2 aromatic rings. The maximum absolute atomic E-state index is 13.2. The minimum absolute atomic E-state index is 0.0429. The van der Waals surface area contributed by atoms with E-state index in [1.807, 2.05) is 13.8 Å². The summed E-state index contributed by atoms with van der Waals surface area (Å²) in [5, 5.41) is 7.00. The Balaban J connectivity index is 1.73. The molecule has 7 heteroatoms. The zero-order valence-electron chi connectivity index (χ0n) is 15.4. The van der Waals surface area contributed by atoms with E-state index < -0.39 is 11.9 Å². The van der Waals surface area contributed by atoms with Crippen LogP contribution in [0.5, 0.6) is 0 Å². The fourth-order valence-corrected chi connectivity index (χ4v) is 3.41. The summed E-state index contributed by atoms with van der Waals surface area (Å²) in [6, 6.07) is 8.15. The van der Waals surface area contributed by atoms with Crippen molar-refractivity contribution in [1.29, 1.82) is 0 Å². The number of amides is 1. The number of carbonyl (C=O) groups excluding carboxylic acids is 1. The Morgan fingerprint density at radius 3 is 2.37 bits per heavy atom. The van der Waals surface area contributed by atoms with E-state index >= 15 is 0 Å². The maximum atomic E-state index is 13.2. The molecule has 0 bridgehead atoms. The van der Waals surface area contributed by atoms with Gasteiger partial charge in [0.1, 0.15) is 5.69 Å². The molecule has 1 heterocycles. The number of hydrogen-bond donors (Lipinski definition) is 2. The van der Waals surface area contributed by atoms with Gasteiger partial charge in [-0.3, -0.25) is 4.79 Å². The second-order valence-corrected chi connectivity index (χ2v) is 7.43. The zero-order chi connectivity index (χ0) is 19.6. The van der Waals surface area contributed by atoms with Gasteiger partial charge < -0.3 is 10.6 Å². The van der Waals surface area contributed by atoms with E-state index in [4.69, 9.17) is 0 Å². The first-order chi connectivity index (χ1) is 12.7. The monoisotopic (exact) mass is 379 g/mol. The fourth-order valence-electron chi connectivity index (χ4n) is 3.41. The second-order valence-electron chi connectivity index (χ2n) is 7.43. The normalized spacial score (nSPS) is 20.7. The number of para-hydroxylation sites is 1. The lowest BCUT2D eigenvalue weighted by Crippen LogP contribution is -2.41. The van der Waals surface area contributed by atoms with Crippen molar-refractivity contribution < 1.29 is 18.0 Å². The Morgan fingerprint density at radius 2 is 1.74 bits per heavy atom. The lowest BCUT2D eigenvalue weighted by molar-refractivity contribution is -0.140.